The summed E-state index contributed by atoms with van der Waals surface area (Å²) in [6.07, 6.45) is 3.35. The SMILES string of the molecule is CCCCN(c1nc(C)c(C(=O)OC)s1)C(C)CC. The Bertz CT molecular complexity index is 418. The highest BCUT2D eigenvalue weighted by Crippen LogP contribution is 2.29. The second kappa shape index (κ2) is 7.48. The van der Waals surface area contributed by atoms with Crippen molar-refractivity contribution in [1.82, 2.24) is 4.98 Å². The van der Waals surface area contributed by atoms with Gasteiger partial charge < -0.3 is 9.64 Å². The molecule has 1 heterocycles. The zero-order chi connectivity index (χ0) is 14.4. The fraction of sp³-hybridized carbons (Fsp3) is 0.714. The Labute approximate surface area is 119 Å². The molecule has 1 rings (SSSR count). The molecule has 1 unspecified atom stereocenters. The Balaban J connectivity index is 2.99. The third kappa shape index (κ3) is 3.93. The van der Waals surface area contributed by atoms with Gasteiger partial charge in [-0.15, -0.1) is 0 Å². The van der Waals surface area contributed by atoms with Crippen LogP contribution in [0, 0.1) is 6.92 Å². The Hall–Kier alpha value is -1.10. The van der Waals surface area contributed by atoms with Gasteiger partial charge in [-0.2, -0.15) is 0 Å². The van der Waals surface area contributed by atoms with Crippen LogP contribution in [0.15, 0.2) is 0 Å². The number of thiazole rings is 1. The predicted molar refractivity (Wildman–Crippen MR) is 80.2 cm³/mol. The predicted octanol–water partition coefficient (Wildman–Crippen LogP) is 3.64. The molecule has 0 N–H and O–H groups in total. The summed E-state index contributed by atoms with van der Waals surface area (Å²) in [5.41, 5.74) is 0.761. The van der Waals surface area contributed by atoms with Gasteiger partial charge in [0.15, 0.2) is 5.13 Å². The number of aromatic nitrogens is 1. The summed E-state index contributed by atoms with van der Waals surface area (Å²) >= 11 is 1.43. The van der Waals surface area contributed by atoms with Crippen molar-refractivity contribution in [1.29, 1.82) is 0 Å². The maximum Gasteiger partial charge on any atom is 0.350 e. The molecular weight excluding hydrogens is 260 g/mol. The second-order valence-electron chi connectivity index (χ2n) is 4.71. The molecule has 0 saturated heterocycles. The van der Waals surface area contributed by atoms with Gasteiger partial charge in [0.25, 0.3) is 0 Å². The van der Waals surface area contributed by atoms with Crippen LogP contribution in [0.4, 0.5) is 5.13 Å². The first kappa shape index (κ1) is 16.0. The Kier molecular flexibility index (Phi) is 6.28. The third-order valence-corrected chi connectivity index (χ3v) is 4.45. The minimum Gasteiger partial charge on any atom is -0.465 e. The summed E-state index contributed by atoms with van der Waals surface area (Å²) in [5, 5.41) is 0.931. The van der Waals surface area contributed by atoms with E-state index >= 15 is 0 Å². The topological polar surface area (TPSA) is 42.4 Å². The number of carbonyl (C=O) groups excluding carboxylic acids is 1. The minimum absolute atomic E-state index is 0.291. The molecule has 1 atom stereocenters. The highest BCUT2D eigenvalue weighted by Gasteiger charge is 2.21. The summed E-state index contributed by atoms with van der Waals surface area (Å²) in [6, 6.07) is 0.433. The molecule has 0 spiro atoms. The minimum atomic E-state index is -0.291. The van der Waals surface area contributed by atoms with Crippen LogP contribution in [-0.2, 0) is 4.74 Å². The maximum atomic E-state index is 11.7. The number of aryl methyl sites for hydroxylation is 1. The average Bonchev–Trinajstić information content (AvgIpc) is 2.79. The van der Waals surface area contributed by atoms with E-state index in [2.05, 4.69) is 30.7 Å². The van der Waals surface area contributed by atoms with Crippen molar-refractivity contribution >= 4 is 22.4 Å². The molecule has 19 heavy (non-hydrogen) atoms. The summed E-state index contributed by atoms with van der Waals surface area (Å²) < 4.78 is 4.79. The number of unbranched alkanes of at least 4 members (excludes halogenated alkanes) is 1. The zero-order valence-electron chi connectivity index (χ0n) is 12.5. The van der Waals surface area contributed by atoms with Gasteiger partial charge in [-0.3, -0.25) is 0 Å². The monoisotopic (exact) mass is 284 g/mol. The van der Waals surface area contributed by atoms with Crippen molar-refractivity contribution in [2.75, 3.05) is 18.6 Å². The second-order valence-corrected chi connectivity index (χ2v) is 5.68. The molecule has 1 aromatic rings. The van der Waals surface area contributed by atoms with Gasteiger partial charge in [-0.25, -0.2) is 9.78 Å². The molecule has 0 aliphatic rings. The Morgan fingerprint density at radius 2 is 2.16 bits per heavy atom. The molecule has 4 nitrogen and oxygen atoms in total. The van der Waals surface area contributed by atoms with Crippen LogP contribution in [-0.4, -0.2) is 30.6 Å². The first-order chi connectivity index (χ1) is 9.04. The average molecular weight is 284 g/mol. The largest absolute Gasteiger partial charge is 0.465 e. The molecule has 0 aliphatic carbocycles. The Morgan fingerprint density at radius 1 is 1.47 bits per heavy atom. The van der Waals surface area contributed by atoms with E-state index in [1.807, 2.05) is 6.92 Å². The number of rotatable bonds is 7. The first-order valence-corrected chi connectivity index (χ1v) is 7.69. The lowest BCUT2D eigenvalue weighted by atomic mass is 10.2. The highest BCUT2D eigenvalue weighted by atomic mass is 32.1. The van der Waals surface area contributed by atoms with E-state index in [9.17, 15) is 4.79 Å². The number of hydrogen-bond acceptors (Lipinski definition) is 5. The van der Waals surface area contributed by atoms with Crippen LogP contribution in [0.2, 0.25) is 0 Å². The number of nitrogens with zero attached hydrogens (tertiary/aromatic N) is 2. The van der Waals surface area contributed by atoms with E-state index in [1.165, 1.54) is 18.4 Å². The standard InChI is InChI=1S/C14H24N2O2S/c1-6-8-9-16(10(3)7-2)14-15-11(4)12(19-14)13(17)18-5/h10H,6-9H2,1-5H3. The molecule has 0 aromatic carbocycles. The fourth-order valence-electron chi connectivity index (χ4n) is 1.84. The number of esters is 1. The molecule has 5 heteroatoms. The maximum absolute atomic E-state index is 11.7. The molecule has 0 radical (unpaired) electrons. The third-order valence-electron chi connectivity index (χ3n) is 3.28. The Morgan fingerprint density at radius 3 is 2.68 bits per heavy atom. The lowest BCUT2D eigenvalue weighted by Gasteiger charge is -2.28. The fourth-order valence-corrected chi connectivity index (χ4v) is 2.95. The molecule has 0 aliphatic heterocycles. The van der Waals surface area contributed by atoms with Crippen LogP contribution in [0.3, 0.4) is 0 Å². The van der Waals surface area contributed by atoms with Crippen LogP contribution >= 0.6 is 11.3 Å². The normalized spacial score (nSPS) is 12.3. The van der Waals surface area contributed by atoms with Crippen LogP contribution in [0.1, 0.15) is 55.4 Å². The number of anilines is 1. The molecule has 108 valence electrons. The van der Waals surface area contributed by atoms with Crippen molar-refractivity contribution < 1.29 is 9.53 Å². The lowest BCUT2D eigenvalue weighted by Crippen LogP contribution is -2.33. The van der Waals surface area contributed by atoms with Crippen LogP contribution in [0.25, 0.3) is 0 Å². The molecule has 0 amide bonds. The summed E-state index contributed by atoms with van der Waals surface area (Å²) in [7, 11) is 1.41. The van der Waals surface area contributed by atoms with Crippen molar-refractivity contribution in [3.05, 3.63) is 10.6 Å². The van der Waals surface area contributed by atoms with Crippen molar-refractivity contribution in [2.24, 2.45) is 0 Å². The van der Waals surface area contributed by atoms with E-state index in [1.54, 1.807) is 0 Å². The molecule has 0 bridgehead atoms. The van der Waals surface area contributed by atoms with Gasteiger partial charge in [-0.1, -0.05) is 31.6 Å². The number of carbonyl (C=O) groups is 1. The summed E-state index contributed by atoms with van der Waals surface area (Å²) in [6.45, 7) is 9.40. The smallest absolute Gasteiger partial charge is 0.350 e. The highest BCUT2D eigenvalue weighted by molar-refractivity contribution is 7.17. The van der Waals surface area contributed by atoms with Crippen molar-refractivity contribution in [3.63, 3.8) is 0 Å². The van der Waals surface area contributed by atoms with E-state index < -0.39 is 0 Å². The summed E-state index contributed by atoms with van der Waals surface area (Å²) in [5.74, 6) is -0.291. The number of hydrogen-bond donors (Lipinski definition) is 0. The molecule has 1 aromatic heterocycles. The van der Waals surface area contributed by atoms with Gasteiger partial charge in [0, 0.05) is 12.6 Å². The molecular formula is C14H24N2O2S. The van der Waals surface area contributed by atoms with Gasteiger partial charge in [0.05, 0.1) is 12.8 Å². The lowest BCUT2D eigenvalue weighted by molar-refractivity contribution is 0.0605. The van der Waals surface area contributed by atoms with E-state index in [0.29, 0.717) is 10.9 Å². The molecule has 0 saturated carbocycles. The number of ether oxygens (including phenoxy) is 1. The van der Waals surface area contributed by atoms with Crippen molar-refractivity contribution in [2.45, 2.75) is 53.0 Å². The summed E-state index contributed by atoms with van der Waals surface area (Å²) in [4.78, 5) is 19.1. The quantitative estimate of drug-likeness (QED) is 0.717. The first-order valence-electron chi connectivity index (χ1n) is 6.87. The van der Waals surface area contributed by atoms with Crippen LogP contribution in [0.5, 0.6) is 0 Å². The zero-order valence-corrected chi connectivity index (χ0v) is 13.3. The number of methoxy groups -OCH3 is 1. The van der Waals surface area contributed by atoms with Gasteiger partial charge in [-0.05, 0) is 26.7 Å². The van der Waals surface area contributed by atoms with Crippen molar-refractivity contribution in [3.8, 4) is 0 Å². The van der Waals surface area contributed by atoms with E-state index in [4.69, 9.17) is 4.74 Å². The van der Waals surface area contributed by atoms with Gasteiger partial charge >= 0.3 is 5.97 Å². The van der Waals surface area contributed by atoms with E-state index in [-0.39, 0.29) is 5.97 Å². The van der Waals surface area contributed by atoms with Gasteiger partial charge in [0.2, 0.25) is 0 Å². The van der Waals surface area contributed by atoms with Crippen LogP contribution < -0.4 is 4.90 Å². The molecule has 0 fully saturated rings. The van der Waals surface area contributed by atoms with Gasteiger partial charge in [0.1, 0.15) is 4.88 Å². The van der Waals surface area contributed by atoms with E-state index in [0.717, 1.165) is 36.6 Å².